The first-order valence-corrected chi connectivity index (χ1v) is 8.05. The van der Waals surface area contributed by atoms with Crippen LogP contribution in [0.25, 0.3) is 0 Å². The maximum absolute atomic E-state index is 12.2. The fourth-order valence-electron chi connectivity index (χ4n) is 2.79. The fourth-order valence-corrected chi connectivity index (χ4v) is 3.06. The van der Waals surface area contributed by atoms with E-state index in [1.165, 1.54) is 18.5 Å². The van der Waals surface area contributed by atoms with Gasteiger partial charge in [0.1, 0.15) is 12.1 Å². The molecule has 0 saturated heterocycles. The average Bonchev–Trinajstić information content (AvgIpc) is 2.92. The second-order valence-corrected chi connectivity index (χ2v) is 6.95. The van der Waals surface area contributed by atoms with Gasteiger partial charge in [-0.1, -0.05) is 26.0 Å². The number of aliphatic hydroxyl groups excluding tert-OH is 1. The fraction of sp³-hybridized carbons (Fsp3) is 0.500. The first kappa shape index (κ1) is 19.5. The summed E-state index contributed by atoms with van der Waals surface area (Å²) in [6.07, 6.45) is -3.55. The molecule has 138 valence electrons. The zero-order valence-corrected chi connectivity index (χ0v) is 14.9. The lowest BCUT2D eigenvalue weighted by Gasteiger charge is -2.34. The first-order valence-electron chi connectivity index (χ1n) is 7.64. The van der Waals surface area contributed by atoms with E-state index < -0.39 is 17.9 Å². The van der Waals surface area contributed by atoms with E-state index in [9.17, 15) is 18.3 Å². The van der Waals surface area contributed by atoms with Gasteiger partial charge in [0.05, 0.1) is 12.1 Å². The van der Waals surface area contributed by atoms with Crippen molar-refractivity contribution >= 4 is 12.2 Å². The Morgan fingerprint density at radius 2 is 1.88 bits per heavy atom. The summed E-state index contributed by atoms with van der Waals surface area (Å²) < 4.78 is 42.4. The standard InChI is InChI=1S/C16H20F3N3O2S/c1-10(22-14(25)20-9-21-22)13(23)15(2,3)8-11-4-6-12(7-5-11)24-16(17,18)19/h4-7,9-10,13,23H,8H2,1-3H3,(H,20,21,25). The van der Waals surface area contributed by atoms with Gasteiger partial charge in [-0.25, -0.2) is 4.98 Å². The summed E-state index contributed by atoms with van der Waals surface area (Å²) in [6, 6.07) is 5.31. The van der Waals surface area contributed by atoms with E-state index in [0.29, 0.717) is 11.2 Å². The topological polar surface area (TPSA) is 63.1 Å². The van der Waals surface area contributed by atoms with Crippen LogP contribution >= 0.6 is 12.2 Å². The highest BCUT2D eigenvalue weighted by molar-refractivity contribution is 7.71. The molecule has 5 nitrogen and oxygen atoms in total. The van der Waals surface area contributed by atoms with E-state index in [1.54, 1.807) is 16.8 Å². The summed E-state index contributed by atoms with van der Waals surface area (Å²) in [4.78, 5) is 3.93. The lowest BCUT2D eigenvalue weighted by molar-refractivity contribution is -0.274. The van der Waals surface area contributed by atoms with Crippen LogP contribution in [0.4, 0.5) is 13.2 Å². The SMILES string of the molecule is CC(C(O)C(C)(C)Cc1ccc(OC(F)(F)F)cc1)n1[nH]cnc1=S. The average molecular weight is 375 g/mol. The summed E-state index contributed by atoms with van der Waals surface area (Å²) in [5.74, 6) is -0.272. The van der Waals surface area contributed by atoms with E-state index in [1.807, 2.05) is 20.8 Å². The van der Waals surface area contributed by atoms with Crippen molar-refractivity contribution in [3.8, 4) is 5.75 Å². The molecule has 0 aliphatic heterocycles. The smallest absolute Gasteiger partial charge is 0.406 e. The van der Waals surface area contributed by atoms with Crippen LogP contribution < -0.4 is 4.74 Å². The van der Waals surface area contributed by atoms with E-state index in [4.69, 9.17) is 12.2 Å². The molecule has 1 heterocycles. The molecule has 0 bridgehead atoms. The summed E-state index contributed by atoms with van der Waals surface area (Å²) >= 11 is 5.09. The molecule has 9 heteroatoms. The maximum atomic E-state index is 12.2. The van der Waals surface area contributed by atoms with Crippen molar-refractivity contribution in [2.75, 3.05) is 0 Å². The molecule has 1 aromatic heterocycles. The normalized spacial score (nSPS) is 15.0. The Kier molecular flexibility index (Phi) is 5.58. The van der Waals surface area contributed by atoms with Crippen LogP contribution in [0.3, 0.4) is 0 Å². The zero-order chi connectivity index (χ0) is 18.8. The molecule has 25 heavy (non-hydrogen) atoms. The number of H-pyrrole nitrogens is 1. The van der Waals surface area contributed by atoms with E-state index in [0.717, 1.165) is 5.56 Å². The molecule has 0 radical (unpaired) electrons. The first-order chi connectivity index (χ1) is 11.5. The van der Waals surface area contributed by atoms with Crippen molar-refractivity contribution in [2.24, 2.45) is 5.41 Å². The number of aromatic amines is 1. The van der Waals surface area contributed by atoms with Gasteiger partial charge in [0.25, 0.3) is 0 Å². The van der Waals surface area contributed by atoms with Crippen molar-refractivity contribution in [2.45, 2.75) is 45.7 Å². The van der Waals surface area contributed by atoms with Crippen LogP contribution in [0.1, 0.15) is 32.4 Å². The van der Waals surface area contributed by atoms with Crippen molar-refractivity contribution in [1.29, 1.82) is 0 Å². The third-order valence-electron chi connectivity index (χ3n) is 4.06. The highest BCUT2D eigenvalue weighted by Crippen LogP contribution is 2.33. The molecule has 0 spiro atoms. The molecule has 2 unspecified atom stereocenters. The largest absolute Gasteiger partial charge is 0.573 e. The van der Waals surface area contributed by atoms with E-state index in [2.05, 4.69) is 14.8 Å². The Hall–Kier alpha value is -1.87. The van der Waals surface area contributed by atoms with Crippen molar-refractivity contribution < 1.29 is 23.0 Å². The second kappa shape index (κ2) is 7.17. The van der Waals surface area contributed by atoms with Crippen LogP contribution in [-0.4, -0.2) is 32.3 Å². The Labute approximate surface area is 148 Å². The minimum atomic E-state index is -4.71. The molecule has 2 N–H and O–H groups in total. The lowest BCUT2D eigenvalue weighted by Crippen LogP contribution is -2.38. The second-order valence-electron chi connectivity index (χ2n) is 6.58. The number of aliphatic hydroxyl groups is 1. The van der Waals surface area contributed by atoms with Crippen LogP contribution in [0.5, 0.6) is 5.75 Å². The van der Waals surface area contributed by atoms with Gasteiger partial charge in [-0.15, -0.1) is 13.2 Å². The van der Waals surface area contributed by atoms with E-state index >= 15 is 0 Å². The van der Waals surface area contributed by atoms with Crippen LogP contribution in [0.15, 0.2) is 30.6 Å². The molecule has 0 fully saturated rings. The Bertz CT molecular complexity index is 753. The van der Waals surface area contributed by atoms with E-state index in [-0.39, 0.29) is 11.8 Å². The number of ether oxygens (including phenoxy) is 1. The molecule has 1 aromatic carbocycles. The molecular formula is C16H20F3N3O2S. The third-order valence-corrected chi connectivity index (χ3v) is 4.36. The monoisotopic (exact) mass is 375 g/mol. The molecule has 2 aromatic rings. The molecule has 0 aliphatic rings. The lowest BCUT2D eigenvalue weighted by atomic mass is 9.78. The van der Waals surface area contributed by atoms with Gasteiger partial charge in [-0.2, -0.15) is 0 Å². The molecular weight excluding hydrogens is 355 g/mol. The number of nitrogens with zero attached hydrogens (tertiary/aromatic N) is 2. The number of hydrogen-bond donors (Lipinski definition) is 2. The number of rotatable bonds is 6. The Morgan fingerprint density at radius 1 is 1.28 bits per heavy atom. The number of hydrogen-bond acceptors (Lipinski definition) is 4. The number of benzene rings is 1. The molecule has 0 aliphatic carbocycles. The van der Waals surface area contributed by atoms with Gasteiger partial charge < -0.3 is 9.84 Å². The van der Waals surface area contributed by atoms with Gasteiger partial charge >= 0.3 is 6.36 Å². The molecule has 0 saturated carbocycles. The Morgan fingerprint density at radius 3 is 2.36 bits per heavy atom. The van der Waals surface area contributed by atoms with Crippen LogP contribution in [-0.2, 0) is 6.42 Å². The van der Waals surface area contributed by atoms with Gasteiger partial charge in [-0.3, -0.25) is 9.78 Å². The molecule has 2 rings (SSSR count). The molecule has 0 amide bonds. The van der Waals surface area contributed by atoms with Gasteiger partial charge in [0.2, 0.25) is 4.77 Å². The van der Waals surface area contributed by atoms with Gasteiger partial charge in [0.15, 0.2) is 0 Å². The third kappa shape index (κ3) is 5.05. The minimum Gasteiger partial charge on any atom is -0.406 e. The number of halogens is 3. The van der Waals surface area contributed by atoms with Crippen molar-refractivity contribution in [3.63, 3.8) is 0 Å². The van der Waals surface area contributed by atoms with Crippen molar-refractivity contribution in [1.82, 2.24) is 14.8 Å². The Balaban J connectivity index is 2.09. The van der Waals surface area contributed by atoms with Crippen molar-refractivity contribution in [3.05, 3.63) is 40.9 Å². The summed E-state index contributed by atoms with van der Waals surface area (Å²) in [5, 5.41) is 13.6. The highest BCUT2D eigenvalue weighted by atomic mass is 32.1. The van der Waals surface area contributed by atoms with Crippen LogP contribution in [0.2, 0.25) is 0 Å². The number of aromatic nitrogens is 3. The van der Waals surface area contributed by atoms with Crippen LogP contribution in [0, 0.1) is 10.2 Å². The quantitative estimate of drug-likeness (QED) is 0.749. The zero-order valence-electron chi connectivity index (χ0n) is 14.0. The predicted molar refractivity (Wildman–Crippen MR) is 88.7 cm³/mol. The summed E-state index contributed by atoms with van der Waals surface area (Å²) in [5.41, 5.74) is 0.241. The maximum Gasteiger partial charge on any atom is 0.573 e. The van der Waals surface area contributed by atoms with Gasteiger partial charge in [0, 0.05) is 0 Å². The van der Waals surface area contributed by atoms with Gasteiger partial charge in [-0.05, 0) is 48.7 Å². The summed E-state index contributed by atoms with van der Waals surface area (Å²) in [6.45, 7) is 5.59. The number of alkyl halides is 3. The highest BCUT2D eigenvalue weighted by Gasteiger charge is 2.34. The predicted octanol–water partition coefficient (Wildman–Crippen LogP) is 4.03. The minimum absolute atomic E-state index is 0.272. The number of nitrogens with one attached hydrogen (secondary N) is 1. The molecule has 2 atom stereocenters. The summed E-state index contributed by atoms with van der Waals surface area (Å²) in [7, 11) is 0.